The van der Waals surface area contributed by atoms with Gasteiger partial charge in [0, 0.05) is 18.9 Å². The summed E-state index contributed by atoms with van der Waals surface area (Å²) >= 11 is 0. The molecule has 1 fully saturated rings. The van der Waals surface area contributed by atoms with Crippen LogP contribution in [0.15, 0.2) is 0 Å². The summed E-state index contributed by atoms with van der Waals surface area (Å²) < 4.78 is 32.2. The van der Waals surface area contributed by atoms with Gasteiger partial charge in [0.2, 0.25) is 0 Å². The molecule has 0 bridgehead atoms. The molecule has 1 aliphatic heterocycles. The van der Waals surface area contributed by atoms with Crippen molar-refractivity contribution in [2.45, 2.75) is 70.4 Å². The van der Waals surface area contributed by atoms with Crippen molar-refractivity contribution in [3.8, 4) is 0 Å². The molecular formula is C14H23F2NO4. The van der Waals surface area contributed by atoms with Gasteiger partial charge in [-0.15, -0.1) is 0 Å². The summed E-state index contributed by atoms with van der Waals surface area (Å²) in [5.74, 6) is -3.82. The number of unbranched alkanes of at least 4 members (excludes halogenated alkanes) is 1. The Bertz CT molecular complexity index is 393. The van der Waals surface area contributed by atoms with Gasteiger partial charge in [-0.05, 0) is 33.6 Å². The second kappa shape index (κ2) is 6.58. The van der Waals surface area contributed by atoms with Gasteiger partial charge in [0.25, 0.3) is 5.92 Å². The summed E-state index contributed by atoms with van der Waals surface area (Å²) in [5, 5.41) is 8.55. The molecule has 0 aromatic rings. The van der Waals surface area contributed by atoms with Crippen LogP contribution in [-0.4, -0.2) is 46.2 Å². The first kappa shape index (κ1) is 17.7. The predicted octanol–water partition coefficient (Wildman–Crippen LogP) is 3.28. The molecule has 122 valence electrons. The number of halogens is 2. The Morgan fingerprint density at radius 3 is 2.48 bits per heavy atom. The number of rotatable bonds is 5. The number of carbonyl (C=O) groups excluding carboxylic acids is 1. The standard InChI is InChI=1S/C14H23F2NO4/c1-13(2,3)21-12(20)17-9-14(15,16)8-10(17)6-4-5-7-11(18)19/h10H,4-9H2,1-3H3,(H,18,19). The largest absolute Gasteiger partial charge is 0.481 e. The van der Waals surface area contributed by atoms with E-state index in [2.05, 4.69) is 0 Å². The van der Waals surface area contributed by atoms with E-state index in [1.165, 1.54) is 0 Å². The number of amides is 1. The van der Waals surface area contributed by atoms with E-state index in [0.29, 0.717) is 19.3 Å². The zero-order chi connectivity index (χ0) is 16.3. The minimum atomic E-state index is -2.91. The van der Waals surface area contributed by atoms with Crippen molar-refractivity contribution in [2.24, 2.45) is 0 Å². The second-order valence-electron chi connectivity index (χ2n) is 6.46. The lowest BCUT2D eigenvalue weighted by Crippen LogP contribution is -2.40. The number of ether oxygens (including phenoxy) is 1. The Morgan fingerprint density at radius 2 is 1.95 bits per heavy atom. The minimum absolute atomic E-state index is 0.00947. The van der Waals surface area contributed by atoms with Crippen LogP contribution in [0.4, 0.5) is 13.6 Å². The Labute approximate surface area is 123 Å². The smallest absolute Gasteiger partial charge is 0.410 e. The van der Waals surface area contributed by atoms with Gasteiger partial charge in [-0.3, -0.25) is 9.69 Å². The zero-order valence-electron chi connectivity index (χ0n) is 12.7. The van der Waals surface area contributed by atoms with Crippen LogP contribution < -0.4 is 0 Å². The fourth-order valence-electron chi connectivity index (χ4n) is 2.35. The van der Waals surface area contributed by atoms with E-state index < -0.39 is 36.2 Å². The number of likely N-dealkylation sites (tertiary alicyclic amines) is 1. The molecular weight excluding hydrogens is 284 g/mol. The van der Waals surface area contributed by atoms with Gasteiger partial charge in [0.15, 0.2) is 0 Å². The Hall–Kier alpha value is -1.40. The normalized spacial score (nSPS) is 21.4. The highest BCUT2D eigenvalue weighted by atomic mass is 19.3. The maximum atomic E-state index is 13.5. The van der Waals surface area contributed by atoms with E-state index >= 15 is 0 Å². The van der Waals surface area contributed by atoms with Crippen LogP contribution in [0.25, 0.3) is 0 Å². The molecule has 1 saturated heterocycles. The topological polar surface area (TPSA) is 66.8 Å². The molecule has 1 rings (SSSR count). The van der Waals surface area contributed by atoms with Crippen LogP contribution in [0.1, 0.15) is 52.9 Å². The number of carboxylic acids is 1. The average Bonchev–Trinajstić information content (AvgIpc) is 2.58. The Morgan fingerprint density at radius 1 is 1.33 bits per heavy atom. The fourth-order valence-corrected chi connectivity index (χ4v) is 2.35. The number of hydrogen-bond donors (Lipinski definition) is 1. The highest BCUT2D eigenvalue weighted by molar-refractivity contribution is 5.69. The van der Waals surface area contributed by atoms with E-state index in [4.69, 9.17) is 9.84 Å². The summed E-state index contributed by atoms with van der Waals surface area (Å²) in [6, 6.07) is -0.594. The lowest BCUT2D eigenvalue weighted by atomic mass is 10.1. The summed E-state index contributed by atoms with van der Waals surface area (Å²) in [4.78, 5) is 23.5. The molecule has 21 heavy (non-hydrogen) atoms. The number of alkyl halides is 2. The number of aliphatic carboxylic acids is 1. The third-order valence-corrected chi connectivity index (χ3v) is 3.18. The zero-order valence-corrected chi connectivity index (χ0v) is 12.7. The number of carboxylic acid groups (broad SMARTS) is 1. The molecule has 0 spiro atoms. The average molecular weight is 307 g/mol. The van der Waals surface area contributed by atoms with Crippen LogP contribution in [-0.2, 0) is 9.53 Å². The van der Waals surface area contributed by atoms with Crippen molar-refractivity contribution in [1.29, 1.82) is 0 Å². The highest BCUT2D eigenvalue weighted by Crippen LogP contribution is 2.35. The molecule has 0 aromatic carbocycles. The third-order valence-electron chi connectivity index (χ3n) is 3.18. The van der Waals surface area contributed by atoms with E-state index in [-0.39, 0.29) is 12.8 Å². The van der Waals surface area contributed by atoms with Gasteiger partial charge in [-0.25, -0.2) is 13.6 Å². The van der Waals surface area contributed by atoms with E-state index in [1.807, 2.05) is 0 Å². The van der Waals surface area contributed by atoms with Crippen molar-refractivity contribution in [3.63, 3.8) is 0 Å². The van der Waals surface area contributed by atoms with Crippen molar-refractivity contribution in [2.75, 3.05) is 6.54 Å². The molecule has 1 unspecified atom stereocenters. The fraction of sp³-hybridized carbons (Fsp3) is 0.857. The first-order chi connectivity index (χ1) is 9.50. The van der Waals surface area contributed by atoms with E-state index in [0.717, 1.165) is 4.90 Å². The molecule has 0 aromatic heterocycles. The summed E-state index contributed by atoms with van der Waals surface area (Å²) in [6.45, 7) is 4.41. The molecule has 1 heterocycles. The van der Waals surface area contributed by atoms with E-state index in [9.17, 15) is 18.4 Å². The minimum Gasteiger partial charge on any atom is -0.481 e. The number of carbonyl (C=O) groups is 2. The van der Waals surface area contributed by atoms with E-state index in [1.54, 1.807) is 20.8 Å². The maximum Gasteiger partial charge on any atom is 0.410 e. The monoisotopic (exact) mass is 307 g/mol. The molecule has 5 nitrogen and oxygen atoms in total. The molecule has 7 heteroatoms. The predicted molar refractivity (Wildman–Crippen MR) is 72.4 cm³/mol. The first-order valence-electron chi connectivity index (χ1n) is 7.09. The van der Waals surface area contributed by atoms with Crippen LogP contribution >= 0.6 is 0 Å². The maximum absolute atomic E-state index is 13.5. The van der Waals surface area contributed by atoms with Crippen LogP contribution in [0, 0.1) is 0 Å². The van der Waals surface area contributed by atoms with Gasteiger partial charge in [-0.1, -0.05) is 6.42 Å². The summed E-state index contributed by atoms with van der Waals surface area (Å²) in [7, 11) is 0. The van der Waals surface area contributed by atoms with Gasteiger partial charge >= 0.3 is 12.1 Å². The van der Waals surface area contributed by atoms with Gasteiger partial charge in [0.05, 0.1) is 6.54 Å². The Balaban J connectivity index is 2.58. The molecule has 1 amide bonds. The quantitative estimate of drug-likeness (QED) is 0.792. The van der Waals surface area contributed by atoms with Gasteiger partial charge in [-0.2, -0.15) is 0 Å². The number of nitrogens with zero attached hydrogens (tertiary/aromatic N) is 1. The molecule has 1 N–H and O–H groups in total. The van der Waals surface area contributed by atoms with Gasteiger partial charge in [0.1, 0.15) is 5.60 Å². The lowest BCUT2D eigenvalue weighted by molar-refractivity contribution is -0.137. The van der Waals surface area contributed by atoms with Crippen LogP contribution in [0.3, 0.4) is 0 Å². The van der Waals surface area contributed by atoms with Crippen LogP contribution in [0.2, 0.25) is 0 Å². The summed E-state index contributed by atoms with van der Waals surface area (Å²) in [6.07, 6.45) is 0.158. The lowest BCUT2D eigenvalue weighted by Gasteiger charge is -2.28. The van der Waals surface area contributed by atoms with Crippen molar-refractivity contribution >= 4 is 12.1 Å². The first-order valence-corrected chi connectivity index (χ1v) is 7.09. The van der Waals surface area contributed by atoms with Crippen molar-refractivity contribution in [3.05, 3.63) is 0 Å². The number of hydrogen-bond acceptors (Lipinski definition) is 3. The highest BCUT2D eigenvalue weighted by Gasteiger charge is 2.47. The van der Waals surface area contributed by atoms with Crippen LogP contribution in [0.5, 0.6) is 0 Å². The van der Waals surface area contributed by atoms with Crippen molar-refractivity contribution in [1.82, 2.24) is 4.90 Å². The Kier molecular flexibility index (Phi) is 5.53. The molecule has 0 saturated carbocycles. The molecule has 1 atom stereocenters. The second-order valence-corrected chi connectivity index (χ2v) is 6.46. The SMILES string of the molecule is CC(C)(C)OC(=O)N1CC(F)(F)CC1CCCCC(=O)O. The molecule has 0 radical (unpaired) electrons. The molecule has 1 aliphatic rings. The third kappa shape index (κ3) is 6.27. The van der Waals surface area contributed by atoms with Crippen molar-refractivity contribution < 1.29 is 28.2 Å². The molecule has 0 aliphatic carbocycles. The summed E-state index contributed by atoms with van der Waals surface area (Å²) in [5.41, 5.74) is -0.733. The van der Waals surface area contributed by atoms with Gasteiger partial charge < -0.3 is 9.84 Å².